The molecule has 1 aliphatic carbocycles. The summed E-state index contributed by atoms with van der Waals surface area (Å²) in [4.78, 5) is 17.1. The van der Waals surface area contributed by atoms with Gasteiger partial charge in [-0.25, -0.2) is 4.68 Å². The normalized spacial score (nSPS) is 18.1. The molecule has 8 nitrogen and oxygen atoms in total. The van der Waals surface area contributed by atoms with Crippen LogP contribution in [0, 0.1) is 6.92 Å². The third kappa shape index (κ3) is 5.51. The molecule has 1 amide bonds. The van der Waals surface area contributed by atoms with Crippen LogP contribution in [0.5, 0.6) is 0 Å². The number of hydrogen-bond acceptors (Lipinski definition) is 7. The van der Waals surface area contributed by atoms with Gasteiger partial charge in [0.25, 0.3) is 0 Å². The van der Waals surface area contributed by atoms with Crippen molar-refractivity contribution in [1.29, 1.82) is 0 Å². The molecule has 0 spiro atoms. The smallest absolute Gasteiger partial charge is 0.230 e. The monoisotopic (exact) mass is 429 g/mol. The van der Waals surface area contributed by atoms with Crippen LogP contribution >= 0.6 is 11.8 Å². The summed E-state index contributed by atoms with van der Waals surface area (Å²) in [6.07, 6.45) is 4.71. The Kier molecular flexibility index (Phi) is 7.22. The maximum Gasteiger partial charge on any atom is 0.230 e. The minimum atomic E-state index is 0.0411. The van der Waals surface area contributed by atoms with Gasteiger partial charge in [0.05, 0.1) is 11.8 Å². The Balaban J connectivity index is 1.13. The second-order valence-corrected chi connectivity index (χ2v) is 9.09. The molecule has 2 fully saturated rings. The van der Waals surface area contributed by atoms with Gasteiger partial charge in [0.2, 0.25) is 11.1 Å². The first-order valence-electron chi connectivity index (χ1n) is 10.9. The van der Waals surface area contributed by atoms with Gasteiger partial charge in [-0.1, -0.05) is 36.7 Å². The molecule has 0 unspecified atom stereocenters. The fourth-order valence-corrected chi connectivity index (χ4v) is 5.02. The molecule has 4 rings (SSSR count). The Hall–Kier alpha value is -2.13. The molecule has 30 heavy (non-hydrogen) atoms. The van der Waals surface area contributed by atoms with Gasteiger partial charge in [0.15, 0.2) is 0 Å². The first-order valence-corrected chi connectivity index (χ1v) is 11.9. The van der Waals surface area contributed by atoms with Crippen molar-refractivity contribution < 1.29 is 4.79 Å². The lowest BCUT2D eigenvalue weighted by Crippen LogP contribution is -2.48. The van der Waals surface area contributed by atoms with E-state index in [0.717, 1.165) is 50.7 Å². The second-order valence-electron chi connectivity index (χ2n) is 8.15. The number of anilines is 1. The third-order valence-corrected chi connectivity index (χ3v) is 6.89. The highest BCUT2D eigenvalue weighted by Crippen LogP contribution is 2.31. The molecule has 2 aromatic rings. The predicted octanol–water partition coefficient (Wildman–Crippen LogP) is 2.13. The number of nitrogens with one attached hydrogen (secondary N) is 1. The number of aryl methyl sites for hydroxylation is 1. The minimum Gasteiger partial charge on any atom is -0.369 e. The first kappa shape index (κ1) is 21.1. The molecule has 2 aliphatic rings. The summed E-state index contributed by atoms with van der Waals surface area (Å²) in [7, 11) is 0. The van der Waals surface area contributed by atoms with E-state index in [4.69, 9.17) is 0 Å². The maximum atomic E-state index is 12.2. The van der Waals surface area contributed by atoms with Crippen molar-refractivity contribution >= 4 is 23.4 Å². The summed E-state index contributed by atoms with van der Waals surface area (Å²) in [6, 6.07) is 9.08. The number of carbonyl (C=O) groups excluding carboxylic acids is 1. The predicted molar refractivity (Wildman–Crippen MR) is 119 cm³/mol. The van der Waals surface area contributed by atoms with Crippen molar-refractivity contribution in [2.75, 3.05) is 49.9 Å². The van der Waals surface area contributed by atoms with Crippen LogP contribution in [0.1, 0.15) is 37.3 Å². The van der Waals surface area contributed by atoms with Crippen LogP contribution in [0.15, 0.2) is 29.4 Å². The average molecular weight is 430 g/mol. The van der Waals surface area contributed by atoms with Crippen LogP contribution in [0.4, 0.5) is 5.69 Å². The van der Waals surface area contributed by atoms with Crippen molar-refractivity contribution in [2.45, 2.75) is 43.8 Å². The van der Waals surface area contributed by atoms with Crippen LogP contribution in [0.25, 0.3) is 0 Å². The summed E-state index contributed by atoms with van der Waals surface area (Å²) >= 11 is 1.43. The van der Waals surface area contributed by atoms with Crippen LogP contribution < -0.4 is 10.2 Å². The molecule has 2 heterocycles. The van der Waals surface area contributed by atoms with E-state index in [9.17, 15) is 4.79 Å². The van der Waals surface area contributed by atoms with E-state index in [2.05, 4.69) is 61.8 Å². The summed E-state index contributed by atoms with van der Waals surface area (Å²) in [5, 5.41) is 15.8. The van der Waals surface area contributed by atoms with Crippen LogP contribution in [-0.4, -0.2) is 76.0 Å². The zero-order chi connectivity index (χ0) is 20.8. The SMILES string of the molecule is Cc1cccc(N2CCN(CCNC(=O)CSc3nnnn3C3CCCC3)CC2)c1. The van der Waals surface area contributed by atoms with E-state index < -0.39 is 0 Å². The Morgan fingerprint density at radius 1 is 1.20 bits per heavy atom. The Morgan fingerprint density at radius 2 is 2.00 bits per heavy atom. The van der Waals surface area contributed by atoms with E-state index in [-0.39, 0.29) is 5.91 Å². The highest BCUT2D eigenvalue weighted by Gasteiger charge is 2.22. The lowest BCUT2D eigenvalue weighted by atomic mass is 10.2. The molecular formula is C21H31N7OS. The van der Waals surface area contributed by atoms with E-state index >= 15 is 0 Å². The van der Waals surface area contributed by atoms with Crippen molar-refractivity contribution in [3.05, 3.63) is 29.8 Å². The molecule has 1 saturated heterocycles. The van der Waals surface area contributed by atoms with Crippen molar-refractivity contribution in [3.63, 3.8) is 0 Å². The number of aromatic nitrogens is 4. The van der Waals surface area contributed by atoms with Crippen LogP contribution in [0.2, 0.25) is 0 Å². The van der Waals surface area contributed by atoms with Crippen LogP contribution in [-0.2, 0) is 4.79 Å². The molecule has 0 radical (unpaired) electrons. The van der Waals surface area contributed by atoms with Crippen molar-refractivity contribution in [1.82, 2.24) is 30.4 Å². The van der Waals surface area contributed by atoms with Crippen molar-refractivity contribution in [2.24, 2.45) is 0 Å². The lowest BCUT2D eigenvalue weighted by molar-refractivity contribution is -0.118. The summed E-state index contributed by atoms with van der Waals surface area (Å²) in [6.45, 7) is 7.79. The third-order valence-electron chi connectivity index (χ3n) is 5.95. The zero-order valence-electron chi connectivity index (χ0n) is 17.7. The number of tetrazole rings is 1. The lowest BCUT2D eigenvalue weighted by Gasteiger charge is -2.36. The molecule has 1 saturated carbocycles. The quantitative estimate of drug-likeness (QED) is 0.644. The molecule has 0 bridgehead atoms. The zero-order valence-corrected chi connectivity index (χ0v) is 18.5. The maximum absolute atomic E-state index is 12.2. The van der Waals surface area contributed by atoms with E-state index in [1.54, 1.807) is 0 Å². The number of benzene rings is 1. The summed E-state index contributed by atoms with van der Waals surface area (Å²) < 4.78 is 1.90. The largest absolute Gasteiger partial charge is 0.369 e. The van der Waals surface area contributed by atoms with Gasteiger partial charge >= 0.3 is 0 Å². The summed E-state index contributed by atoms with van der Waals surface area (Å²) in [5.74, 6) is 0.396. The second kappa shape index (κ2) is 10.3. The van der Waals surface area contributed by atoms with Gasteiger partial charge in [0.1, 0.15) is 0 Å². The topological polar surface area (TPSA) is 79.2 Å². The van der Waals surface area contributed by atoms with Gasteiger partial charge in [-0.3, -0.25) is 9.69 Å². The number of amides is 1. The molecule has 1 aliphatic heterocycles. The number of carbonyl (C=O) groups is 1. The highest BCUT2D eigenvalue weighted by molar-refractivity contribution is 7.99. The number of hydrogen-bond donors (Lipinski definition) is 1. The Labute approximate surface area is 182 Å². The molecule has 1 aromatic heterocycles. The van der Waals surface area contributed by atoms with Gasteiger partial charge in [-0.2, -0.15) is 0 Å². The first-order chi connectivity index (χ1) is 14.7. The van der Waals surface area contributed by atoms with E-state index in [0.29, 0.717) is 18.3 Å². The number of thioether (sulfide) groups is 1. The number of piperazine rings is 1. The minimum absolute atomic E-state index is 0.0411. The van der Waals surface area contributed by atoms with Gasteiger partial charge in [-0.15, -0.1) is 5.10 Å². The fraction of sp³-hybridized carbons (Fsp3) is 0.619. The highest BCUT2D eigenvalue weighted by atomic mass is 32.2. The molecule has 9 heteroatoms. The molecule has 162 valence electrons. The molecule has 1 aromatic carbocycles. The van der Waals surface area contributed by atoms with Gasteiger partial charge in [0, 0.05) is 45.0 Å². The van der Waals surface area contributed by atoms with E-state index in [1.165, 1.54) is 35.9 Å². The average Bonchev–Trinajstić information content (AvgIpc) is 3.44. The molecule has 1 N–H and O–H groups in total. The van der Waals surface area contributed by atoms with Gasteiger partial charge in [-0.05, 0) is 47.9 Å². The standard InChI is InChI=1S/C21H31N7OS/c1-17-5-4-8-19(15-17)27-13-11-26(12-14-27)10-9-22-20(29)16-30-21-23-24-25-28(21)18-6-2-3-7-18/h4-5,8,15,18H,2-3,6-7,9-14,16H2,1H3,(H,22,29). The fourth-order valence-electron chi connectivity index (χ4n) is 4.25. The molecular weight excluding hydrogens is 398 g/mol. The Morgan fingerprint density at radius 3 is 2.77 bits per heavy atom. The molecule has 0 atom stereocenters. The van der Waals surface area contributed by atoms with Crippen LogP contribution in [0.3, 0.4) is 0 Å². The summed E-state index contributed by atoms with van der Waals surface area (Å²) in [5.41, 5.74) is 2.60. The Bertz CT molecular complexity index is 828. The number of nitrogens with zero attached hydrogens (tertiary/aromatic N) is 6. The number of rotatable bonds is 8. The van der Waals surface area contributed by atoms with Crippen molar-refractivity contribution in [3.8, 4) is 0 Å². The van der Waals surface area contributed by atoms with Gasteiger partial charge < -0.3 is 10.2 Å². The van der Waals surface area contributed by atoms with E-state index in [1.807, 2.05) is 4.68 Å².